The molecule has 0 fully saturated rings. The van der Waals surface area contributed by atoms with Crippen molar-refractivity contribution in [3.05, 3.63) is 140 Å². The average Bonchev–Trinajstić information content (AvgIpc) is 3.07. The van der Waals surface area contributed by atoms with E-state index in [0.29, 0.717) is 22.6 Å². The molecule has 10 nitrogen and oxygen atoms in total. The van der Waals surface area contributed by atoms with E-state index in [1.165, 1.54) is 56.7 Å². The van der Waals surface area contributed by atoms with Crippen LogP contribution in [-0.2, 0) is 4.79 Å². The molecule has 6 rings (SSSR count). The van der Waals surface area contributed by atoms with Gasteiger partial charge in [0.2, 0.25) is 0 Å². The Morgan fingerprint density at radius 2 is 1.26 bits per heavy atom. The van der Waals surface area contributed by atoms with Crippen LogP contribution in [0.5, 0.6) is 28.7 Å². The van der Waals surface area contributed by atoms with E-state index in [9.17, 15) is 24.6 Å². The second-order valence-electron chi connectivity index (χ2n) is 10.2. The molecule has 0 saturated heterocycles. The minimum absolute atomic E-state index is 0.144. The van der Waals surface area contributed by atoms with E-state index in [0.717, 1.165) is 0 Å². The minimum atomic E-state index is -1.32. The normalized spacial score (nSPS) is 11.4. The zero-order chi connectivity index (χ0) is 32.4. The largest absolute Gasteiger partial charge is 0.507 e. The van der Waals surface area contributed by atoms with Crippen LogP contribution < -0.4 is 25.5 Å². The van der Waals surface area contributed by atoms with Gasteiger partial charge >= 0.3 is 17.2 Å². The molecular formula is C36H26O10. The van der Waals surface area contributed by atoms with Gasteiger partial charge in [-0.15, -0.1) is 0 Å². The van der Waals surface area contributed by atoms with Gasteiger partial charge in [0.25, 0.3) is 0 Å². The van der Waals surface area contributed by atoms with Gasteiger partial charge in [0.15, 0.2) is 11.5 Å². The summed E-state index contributed by atoms with van der Waals surface area (Å²) >= 11 is 0. The van der Waals surface area contributed by atoms with E-state index >= 15 is 0 Å². The third-order valence-corrected chi connectivity index (χ3v) is 7.47. The van der Waals surface area contributed by atoms with Crippen LogP contribution in [0.15, 0.2) is 115 Å². The predicted molar refractivity (Wildman–Crippen MR) is 170 cm³/mol. The van der Waals surface area contributed by atoms with Crippen LogP contribution in [0.1, 0.15) is 28.2 Å². The van der Waals surface area contributed by atoms with Gasteiger partial charge in [-0.1, -0.05) is 42.5 Å². The van der Waals surface area contributed by atoms with Crippen molar-refractivity contribution in [2.75, 3.05) is 14.2 Å². The standard InChI is InChI=1S/C36H26O10/c1-42-27-17-11-20(19-28(27)43-2)12-18-29(37)44-22-15-13-21(14-16-22)30(31-33(38)23-7-3-5-9-25(23)45-35(31)40)32-34(39)24-8-4-6-10-26(24)46-36(32)41/h3-19,30,38-39H,1-2H3/b18-12+. The number of benzene rings is 4. The molecule has 4 aromatic carbocycles. The number of methoxy groups -OCH3 is 2. The van der Waals surface area contributed by atoms with Gasteiger partial charge in [0, 0.05) is 6.08 Å². The van der Waals surface area contributed by atoms with Crippen LogP contribution in [0, 0.1) is 0 Å². The molecular weight excluding hydrogens is 592 g/mol. The first-order valence-electron chi connectivity index (χ1n) is 14.0. The van der Waals surface area contributed by atoms with Crippen molar-refractivity contribution in [3.63, 3.8) is 0 Å². The summed E-state index contributed by atoms with van der Waals surface area (Å²) in [6.07, 6.45) is 2.80. The second-order valence-corrected chi connectivity index (χ2v) is 10.2. The lowest BCUT2D eigenvalue weighted by Crippen LogP contribution is -2.21. The van der Waals surface area contributed by atoms with Gasteiger partial charge in [0.05, 0.1) is 42.0 Å². The van der Waals surface area contributed by atoms with E-state index in [1.54, 1.807) is 60.7 Å². The van der Waals surface area contributed by atoms with Gasteiger partial charge in [-0.05, 0) is 65.7 Å². The van der Waals surface area contributed by atoms with Gasteiger partial charge in [0.1, 0.15) is 28.4 Å². The number of carbonyl (C=O) groups excluding carboxylic acids is 1. The van der Waals surface area contributed by atoms with Gasteiger partial charge in [-0.2, -0.15) is 0 Å². The molecule has 10 heteroatoms. The molecule has 0 aliphatic rings. The van der Waals surface area contributed by atoms with E-state index in [4.69, 9.17) is 23.0 Å². The van der Waals surface area contributed by atoms with E-state index in [1.807, 2.05) is 0 Å². The lowest BCUT2D eigenvalue weighted by Gasteiger charge is -2.20. The summed E-state index contributed by atoms with van der Waals surface area (Å²) in [4.78, 5) is 39.4. The predicted octanol–water partition coefficient (Wildman–Crippen LogP) is 6.13. The molecule has 0 bridgehead atoms. The maximum atomic E-state index is 13.4. The summed E-state index contributed by atoms with van der Waals surface area (Å²) in [5, 5.41) is 23.2. The Bertz CT molecular complexity index is 2140. The molecule has 0 aliphatic carbocycles. The van der Waals surface area contributed by atoms with Crippen molar-refractivity contribution in [1.82, 2.24) is 0 Å². The molecule has 0 spiro atoms. The van der Waals surface area contributed by atoms with Crippen molar-refractivity contribution >= 4 is 34.0 Å². The van der Waals surface area contributed by atoms with Crippen molar-refractivity contribution in [1.29, 1.82) is 0 Å². The maximum absolute atomic E-state index is 13.4. The monoisotopic (exact) mass is 618 g/mol. The maximum Gasteiger partial charge on any atom is 0.344 e. The Morgan fingerprint density at radius 3 is 1.80 bits per heavy atom. The lowest BCUT2D eigenvalue weighted by molar-refractivity contribution is -0.128. The third kappa shape index (κ3) is 5.55. The number of fused-ring (bicyclic) bond motifs is 2. The van der Waals surface area contributed by atoms with Crippen LogP contribution in [0.3, 0.4) is 0 Å². The summed E-state index contributed by atoms with van der Waals surface area (Å²) < 4.78 is 27.0. The molecule has 0 atom stereocenters. The highest BCUT2D eigenvalue weighted by Crippen LogP contribution is 2.42. The molecule has 2 N–H and O–H groups in total. The number of hydrogen-bond acceptors (Lipinski definition) is 10. The number of hydrogen-bond donors (Lipinski definition) is 2. The van der Waals surface area contributed by atoms with Crippen LogP contribution in [0.25, 0.3) is 28.0 Å². The number of esters is 1. The van der Waals surface area contributed by atoms with Crippen molar-refractivity contribution in [3.8, 4) is 28.7 Å². The smallest absolute Gasteiger partial charge is 0.344 e. The molecule has 6 aromatic rings. The molecule has 0 aliphatic heterocycles. The molecule has 0 saturated carbocycles. The first-order valence-corrected chi connectivity index (χ1v) is 14.0. The zero-order valence-corrected chi connectivity index (χ0v) is 24.6. The van der Waals surface area contributed by atoms with E-state index in [2.05, 4.69) is 0 Å². The zero-order valence-electron chi connectivity index (χ0n) is 24.6. The Balaban J connectivity index is 1.39. The molecule has 0 unspecified atom stereocenters. The summed E-state index contributed by atoms with van der Waals surface area (Å²) in [6, 6.07) is 23.9. The third-order valence-electron chi connectivity index (χ3n) is 7.47. The molecule has 2 aromatic heterocycles. The number of ether oxygens (including phenoxy) is 3. The Hall–Kier alpha value is -6.29. The molecule has 46 heavy (non-hydrogen) atoms. The van der Waals surface area contributed by atoms with Crippen LogP contribution in [-0.4, -0.2) is 30.4 Å². The number of aromatic hydroxyl groups is 2. The van der Waals surface area contributed by atoms with Crippen LogP contribution in [0.4, 0.5) is 0 Å². The molecule has 0 amide bonds. The van der Waals surface area contributed by atoms with Gasteiger partial charge in [-0.3, -0.25) is 0 Å². The minimum Gasteiger partial charge on any atom is -0.507 e. The fourth-order valence-electron chi connectivity index (χ4n) is 5.28. The first kappa shape index (κ1) is 29.8. The number of carbonyl (C=O) groups is 1. The Labute approximate surface area is 260 Å². The quantitative estimate of drug-likeness (QED) is 0.0884. The topological polar surface area (TPSA) is 146 Å². The fraction of sp³-hybridized carbons (Fsp3) is 0.0833. The van der Waals surface area contributed by atoms with E-state index in [-0.39, 0.29) is 38.8 Å². The highest BCUT2D eigenvalue weighted by molar-refractivity contribution is 5.89. The summed E-state index contributed by atoms with van der Waals surface area (Å²) in [5.41, 5.74) is -1.12. The average molecular weight is 619 g/mol. The van der Waals surface area contributed by atoms with Crippen molar-refractivity contribution < 1.29 is 38.1 Å². The summed E-state index contributed by atoms with van der Waals surface area (Å²) in [7, 11) is 3.03. The van der Waals surface area contributed by atoms with Gasteiger partial charge < -0.3 is 33.3 Å². The summed E-state index contributed by atoms with van der Waals surface area (Å²) in [5.74, 6) is -1.62. The highest BCUT2D eigenvalue weighted by Gasteiger charge is 2.32. The van der Waals surface area contributed by atoms with Gasteiger partial charge in [-0.25, -0.2) is 14.4 Å². The SMILES string of the molecule is COc1ccc(/C=C/C(=O)Oc2ccc(C(c3c(O)c4ccccc4oc3=O)c3c(O)c4ccccc4oc3=O)cc2)cc1OC. The lowest BCUT2D eigenvalue weighted by atomic mass is 9.84. The first-order chi connectivity index (χ1) is 22.3. The summed E-state index contributed by atoms with van der Waals surface area (Å²) in [6.45, 7) is 0. The second kappa shape index (κ2) is 12.4. The van der Waals surface area contributed by atoms with E-state index < -0.39 is 34.6 Å². The number of rotatable bonds is 8. The van der Waals surface area contributed by atoms with Crippen molar-refractivity contribution in [2.24, 2.45) is 0 Å². The Morgan fingerprint density at radius 1 is 0.717 bits per heavy atom. The molecule has 0 radical (unpaired) electrons. The van der Waals surface area contributed by atoms with Crippen molar-refractivity contribution in [2.45, 2.75) is 5.92 Å². The number of para-hydroxylation sites is 2. The Kier molecular flexibility index (Phi) is 8.00. The highest BCUT2D eigenvalue weighted by atomic mass is 16.5. The van der Waals surface area contributed by atoms with Crippen LogP contribution >= 0.6 is 0 Å². The fourth-order valence-corrected chi connectivity index (χ4v) is 5.28. The molecule has 2 heterocycles. The van der Waals surface area contributed by atoms with Crippen LogP contribution in [0.2, 0.25) is 0 Å². The molecule has 230 valence electrons.